The van der Waals surface area contributed by atoms with Gasteiger partial charge >= 0.3 is 0 Å². The van der Waals surface area contributed by atoms with Gasteiger partial charge in [0.25, 0.3) is 0 Å². The van der Waals surface area contributed by atoms with Crippen molar-refractivity contribution < 1.29 is 15.3 Å². The molecule has 0 radical (unpaired) electrons. The summed E-state index contributed by atoms with van der Waals surface area (Å²) in [5.41, 5.74) is 1.44. The zero-order valence-electron chi connectivity index (χ0n) is 10.0. The van der Waals surface area contributed by atoms with E-state index >= 15 is 0 Å². The highest BCUT2D eigenvalue weighted by Gasteiger charge is 2.09. The maximum atomic E-state index is 9.99. The van der Waals surface area contributed by atoms with E-state index in [9.17, 15) is 15.3 Å². The second kappa shape index (κ2) is 5.95. The maximum absolute atomic E-state index is 9.99. The van der Waals surface area contributed by atoms with E-state index in [1.54, 1.807) is 6.07 Å². The van der Waals surface area contributed by atoms with Gasteiger partial charge in [0.05, 0.1) is 6.10 Å². The van der Waals surface area contributed by atoms with E-state index in [4.69, 9.17) is 0 Å². The van der Waals surface area contributed by atoms with E-state index in [0.717, 1.165) is 10.2 Å². The van der Waals surface area contributed by atoms with E-state index in [2.05, 4.69) is 21.2 Å². The summed E-state index contributed by atoms with van der Waals surface area (Å²) in [6, 6.07) is 11.9. The predicted octanol–water partition coefficient (Wildman–Crippen LogP) is 3.01. The first kappa shape index (κ1) is 13.7. The second-order valence-electron chi connectivity index (χ2n) is 4.15. The largest absolute Gasteiger partial charge is 0.504 e. The molecular weight excluding hydrogens is 310 g/mol. The lowest BCUT2D eigenvalue weighted by molar-refractivity contribution is 0.191. The Bertz CT molecular complexity index is 557. The van der Waals surface area contributed by atoms with E-state index in [-0.39, 0.29) is 11.5 Å². The van der Waals surface area contributed by atoms with Gasteiger partial charge in [-0.25, -0.2) is 0 Å². The number of phenols is 2. The summed E-state index contributed by atoms with van der Waals surface area (Å²) < 4.78 is 0.988. The van der Waals surface area contributed by atoms with Crippen LogP contribution in [0.15, 0.2) is 46.9 Å². The van der Waals surface area contributed by atoms with Crippen LogP contribution < -0.4 is 5.32 Å². The standard InChI is InChI=1S/C14H14BrNO3/c15-10-2-4-11(5-3-10)16-8-14(19)9-1-6-12(17)13(18)7-9/h1-7,14,16-19H,8H2. The number of anilines is 1. The number of nitrogens with one attached hydrogen (secondary N) is 1. The molecule has 0 aliphatic carbocycles. The molecule has 5 heteroatoms. The van der Waals surface area contributed by atoms with E-state index < -0.39 is 6.10 Å². The number of hydrogen-bond acceptors (Lipinski definition) is 4. The molecule has 2 aromatic carbocycles. The lowest BCUT2D eigenvalue weighted by Gasteiger charge is -2.14. The molecule has 2 aromatic rings. The Hall–Kier alpha value is -1.72. The first-order valence-corrected chi connectivity index (χ1v) is 6.55. The molecule has 0 saturated heterocycles. The van der Waals surface area contributed by atoms with Crippen molar-refractivity contribution in [1.29, 1.82) is 0 Å². The second-order valence-corrected chi connectivity index (χ2v) is 5.07. The van der Waals surface area contributed by atoms with Crippen molar-refractivity contribution in [2.24, 2.45) is 0 Å². The smallest absolute Gasteiger partial charge is 0.157 e. The number of aromatic hydroxyl groups is 2. The Morgan fingerprint density at radius 2 is 1.68 bits per heavy atom. The van der Waals surface area contributed by atoms with Crippen molar-refractivity contribution in [3.8, 4) is 11.5 Å². The molecule has 100 valence electrons. The van der Waals surface area contributed by atoms with Crippen LogP contribution in [0, 0.1) is 0 Å². The van der Waals surface area contributed by atoms with Crippen LogP contribution in [0.5, 0.6) is 11.5 Å². The summed E-state index contributed by atoms with van der Waals surface area (Å²) in [5.74, 6) is -0.433. The minimum atomic E-state index is -0.768. The Morgan fingerprint density at radius 3 is 2.32 bits per heavy atom. The van der Waals surface area contributed by atoms with Crippen molar-refractivity contribution in [2.45, 2.75) is 6.10 Å². The fourth-order valence-electron chi connectivity index (χ4n) is 1.65. The van der Waals surface area contributed by atoms with Gasteiger partial charge < -0.3 is 20.6 Å². The quantitative estimate of drug-likeness (QED) is 0.653. The van der Waals surface area contributed by atoms with Crippen LogP contribution in [0.2, 0.25) is 0 Å². The van der Waals surface area contributed by atoms with E-state index in [0.29, 0.717) is 12.1 Å². The molecule has 1 atom stereocenters. The summed E-state index contributed by atoms with van der Waals surface area (Å²) in [4.78, 5) is 0. The third-order valence-corrected chi connectivity index (χ3v) is 3.26. The van der Waals surface area contributed by atoms with E-state index in [1.165, 1.54) is 12.1 Å². The SMILES string of the molecule is Oc1ccc(C(O)CNc2ccc(Br)cc2)cc1O. The Balaban J connectivity index is 1.98. The minimum absolute atomic E-state index is 0.197. The van der Waals surface area contributed by atoms with Crippen LogP contribution in [-0.4, -0.2) is 21.9 Å². The number of rotatable bonds is 4. The van der Waals surface area contributed by atoms with Gasteiger partial charge in [-0.15, -0.1) is 0 Å². The number of aliphatic hydroxyl groups excluding tert-OH is 1. The van der Waals surface area contributed by atoms with Crippen molar-refractivity contribution in [2.75, 3.05) is 11.9 Å². The van der Waals surface area contributed by atoms with E-state index in [1.807, 2.05) is 24.3 Å². The maximum Gasteiger partial charge on any atom is 0.157 e. The highest BCUT2D eigenvalue weighted by Crippen LogP contribution is 2.28. The molecule has 0 aliphatic heterocycles. The molecule has 4 N–H and O–H groups in total. The summed E-state index contributed by atoms with van der Waals surface area (Å²) >= 11 is 3.35. The number of benzene rings is 2. The number of aliphatic hydroxyl groups is 1. The molecule has 0 saturated carbocycles. The summed E-state index contributed by atoms with van der Waals surface area (Å²) in [7, 11) is 0. The average molecular weight is 324 g/mol. The first-order valence-electron chi connectivity index (χ1n) is 5.75. The molecule has 4 nitrogen and oxygen atoms in total. The topological polar surface area (TPSA) is 72.7 Å². The molecule has 0 amide bonds. The van der Waals surface area contributed by atoms with Gasteiger partial charge in [-0.1, -0.05) is 22.0 Å². The summed E-state index contributed by atoms with van der Waals surface area (Å²) in [6.07, 6.45) is -0.768. The zero-order chi connectivity index (χ0) is 13.8. The molecule has 0 heterocycles. The van der Waals surface area contributed by atoms with Crippen LogP contribution in [0.4, 0.5) is 5.69 Å². The summed E-state index contributed by atoms with van der Waals surface area (Å²) in [5, 5.41) is 31.7. The van der Waals surface area contributed by atoms with Gasteiger partial charge in [0.15, 0.2) is 11.5 Å². The molecule has 0 spiro atoms. The average Bonchev–Trinajstić information content (AvgIpc) is 2.41. The van der Waals surface area contributed by atoms with Crippen LogP contribution in [0.25, 0.3) is 0 Å². The Morgan fingerprint density at radius 1 is 1.00 bits per heavy atom. The van der Waals surface area contributed by atoms with Gasteiger partial charge in [0, 0.05) is 16.7 Å². The van der Waals surface area contributed by atoms with Crippen LogP contribution in [0.3, 0.4) is 0 Å². The highest BCUT2D eigenvalue weighted by atomic mass is 79.9. The molecule has 0 aromatic heterocycles. The number of hydrogen-bond donors (Lipinski definition) is 4. The third-order valence-electron chi connectivity index (χ3n) is 2.73. The van der Waals surface area contributed by atoms with Gasteiger partial charge in [0.2, 0.25) is 0 Å². The molecule has 2 rings (SSSR count). The lowest BCUT2D eigenvalue weighted by atomic mass is 10.1. The zero-order valence-corrected chi connectivity index (χ0v) is 11.6. The lowest BCUT2D eigenvalue weighted by Crippen LogP contribution is -2.11. The molecule has 19 heavy (non-hydrogen) atoms. The van der Waals surface area contributed by atoms with Gasteiger partial charge in [-0.3, -0.25) is 0 Å². The Kier molecular flexibility index (Phi) is 4.29. The molecule has 0 fully saturated rings. The number of halogens is 1. The predicted molar refractivity (Wildman–Crippen MR) is 77.4 cm³/mol. The fraction of sp³-hybridized carbons (Fsp3) is 0.143. The third kappa shape index (κ3) is 3.62. The van der Waals surface area contributed by atoms with Crippen LogP contribution in [-0.2, 0) is 0 Å². The normalized spacial score (nSPS) is 12.1. The van der Waals surface area contributed by atoms with Gasteiger partial charge in [0.1, 0.15) is 0 Å². The van der Waals surface area contributed by atoms with Gasteiger partial charge in [-0.05, 0) is 42.0 Å². The number of phenolic OH excluding ortho intramolecular Hbond substituents is 2. The minimum Gasteiger partial charge on any atom is -0.504 e. The summed E-state index contributed by atoms with van der Waals surface area (Å²) in [6.45, 7) is 0.311. The fourth-order valence-corrected chi connectivity index (χ4v) is 1.91. The highest BCUT2D eigenvalue weighted by molar-refractivity contribution is 9.10. The van der Waals surface area contributed by atoms with Gasteiger partial charge in [-0.2, -0.15) is 0 Å². The van der Waals surface area contributed by atoms with Crippen molar-refractivity contribution in [3.63, 3.8) is 0 Å². The van der Waals surface area contributed by atoms with Crippen LogP contribution in [0.1, 0.15) is 11.7 Å². The van der Waals surface area contributed by atoms with Crippen LogP contribution >= 0.6 is 15.9 Å². The molecule has 0 bridgehead atoms. The molecule has 0 aliphatic rings. The van der Waals surface area contributed by atoms with Crippen molar-refractivity contribution in [3.05, 3.63) is 52.5 Å². The Labute approximate surface area is 119 Å². The molecular formula is C14H14BrNO3. The van der Waals surface area contributed by atoms with Crippen molar-refractivity contribution >= 4 is 21.6 Å². The first-order chi connectivity index (χ1) is 9.06. The van der Waals surface area contributed by atoms with Crippen molar-refractivity contribution in [1.82, 2.24) is 0 Å². The monoisotopic (exact) mass is 323 g/mol. The molecule has 1 unspecified atom stereocenters.